The highest BCUT2D eigenvalue weighted by atomic mass is 32.2. The van der Waals surface area contributed by atoms with Gasteiger partial charge in [-0.15, -0.1) is 11.3 Å². The Kier molecular flexibility index (Phi) is 6.79. The fourth-order valence-corrected chi connectivity index (χ4v) is 5.04. The summed E-state index contributed by atoms with van der Waals surface area (Å²) < 4.78 is 60.6. The quantitative estimate of drug-likeness (QED) is 0.663. The molecule has 1 unspecified atom stereocenters. The summed E-state index contributed by atoms with van der Waals surface area (Å²) in [6, 6.07) is 2.01. The van der Waals surface area contributed by atoms with Crippen LogP contribution in [0.5, 0.6) is 0 Å². The molecule has 166 valence electrons. The normalized spacial score (nSPS) is 19.6. The summed E-state index contributed by atoms with van der Waals surface area (Å²) >= 11 is 1.64. The topological polar surface area (TPSA) is 117 Å². The predicted molar refractivity (Wildman–Crippen MR) is 101 cm³/mol. The van der Waals surface area contributed by atoms with Gasteiger partial charge in [-0.1, -0.05) is 0 Å². The fourth-order valence-electron chi connectivity index (χ4n) is 2.97. The second-order valence-corrected chi connectivity index (χ2v) is 9.94. The SMILES string of the molecule is O=C(O)C(F)(F)F.O=S(=O)(NCC1CN(Cc2nccs2)Cc2ccnn21)C1CC1. The maximum Gasteiger partial charge on any atom is 0.490 e. The molecule has 2 aromatic heterocycles. The number of carboxylic acids is 1. The van der Waals surface area contributed by atoms with Gasteiger partial charge < -0.3 is 5.11 Å². The number of aliphatic carboxylic acids is 1. The van der Waals surface area contributed by atoms with Crippen molar-refractivity contribution in [1.82, 2.24) is 24.4 Å². The molecule has 1 atom stereocenters. The van der Waals surface area contributed by atoms with Crippen LogP contribution in [0, 0.1) is 0 Å². The largest absolute Gasteiger partial charge is 0.490 e. The second kappa shape index (κ2) is 8.99. The van der Waals surface area contributed by atoms with Crippen LogP contribution < -0.4 is 4.72 Å². The number of hydrogen-bond acceptors (Lipinski definition) is 7. The summed E-state index contributed by atoms with van der Waals surface area (Å²) in [4.78, 5) is 15.5. The first kappa shape index (κ1) is 22.7. The molecule has 2 aliphatic rings. The minimum absolute atomic E-state index is 0.0160. The van der Waals surface area contributed by atoms with E-state index in [1.165, 1.54) is 0 Å². The summed E-state index contributed by atoms with van der Waals surface area (Å²) in [6.07, 6.45) is 0.0758. The third-order valence-corrected chi connectivity index (χ3v) is 7.20. The molecule has 0 saturated heterocycles. The average molecular weight is 467 g/mol. The highest BCUT2D eigenvalue weighted by Gasteiger charge is 2.38. The fraction of sp³-hybridized carbons (Fsp3) is 0.562. The molecule has 4 rings (SSSR count). The van der Waals surface area contributed by atoms with Gasteiger partial charge in [0, 0.05) is 37.4 Å². The number of thiazole rings is 1. The van der Waals surface area contributed by atoms with Crippen molar-refractivity contribution >= 4 is 27.3 Å². The number of nitrogens with zero attached hydrogens (tertiary/aromatic N) is 4. The zero-order valence-electron chi connectivity index (χ0n) is 15.6. The molecular weight excluding hydrogens is 447 g/mol. The molecule has 3 heterocycles. The van der Waals surface area contributed by atoms with Crippen LogP contribution in [0.1, 0.15) is 29.6 Å². The van der Waals surface area contributed by atoms with Crippen molar-refractivity contribution in [3.05, 3.63) is 34.5 Å². The number of halogens is 3. The van der Waals surface area contributed by atoms with Crippen molar-refractivity contribution in [1.29, 1.82) is 0 Å². The average Bonchev–Trinajstić information content (AvgIpc) is 3.22. The first-order valence-corrected chi connectivity index (χ1v) is 11.4. The Bertz CT molecular complexity index is 958. The number of sulfonamides is 1. The van der Waals surface area contributed by atoms with Crippen molar-refractivity contribution in [2.45, 2.75) is 43.4 Å². The number of hydrogen-bond donors (Lipinski definition) is 2. The Hall–Kier alpha value is -2.03. The van der Waals surface area contributed by atoms with Crippen LogP contribution in [0.3, 0.4) is 0 Å². The van der Waals surface area contributed by atoms with Crippen LogP contribution in [0.15, 0.2) is 23.8 Å². The first-order valence-electron chi connectivity index (χ1n) is 8.98. The molecule has 0 aromatic carbocycles. The molecule has 0 spiro atoms. The zero-order chi connectivity index (χ0) is 21.9. The smallest absolute Gasteiger partial charge is 0.475 e. The Morgan fingerprint density at radius 1 is 1.33 bits per heavy atom. The highest BCUT2D eigenvalue weighted by Crippen LogP contribution is 2.28. The lowest BCUT2D eigenvalue weighted by atomic mass is 10.2. The van der Waals surface area contributed by atoms with Crippen LogP contribution in [-0.2, 0) is 27.9 Å². The Morgan fingerprint density at radius 3 is 2.60 bits per heavy atom. The van der Waals surface area contributed by atoms with E-state index < -0.39 is 22.2 Å². The maximum absolute atomic E-state index is 12.1. The van der Waals surface area contributed by atoms with Gasteiger partial charge in [-0.25, -0.2) is 22.9 Å². The standard InChI is InChI=1S/C14H19N5O2S2.C2HF3O2/c20-23(21,13-1-2-13)17-7-12-9-18(10-14-15-5-6-22-14)8-11-3-4-16-19(11)12;3-2(4,5)1(6)7/h3-6,12-13,17H,1-2,7-10H2;(H,6,7). The van der Waals surface area contributed by atoms with E-state index in [0.717, 1.165) is 43.2 Å². The van der Waals surface area contributed by atoms with Crippen molar-refractivity contribution in [3.8, 4) is 0 Å². The van der Waals surface area contributed by atoms with Crippen LogP contribution in [0.25, 0.3) is 0 Å². The van der Waals surface area contributed by atoms with Gasteiger partial charge in [0.15, 0.2) is 0 Å². The van der Waals surface area contributed by atoms with Crippen LogP contribution in [-0.4, -0.2) is 63.7 Å². The van der Waals surface area contributed by atoms with Gasteiger partial charge in [0.2, 0.25) is 10.0 Å². The summed E-state index contributed by atoms with van der Waals surface area (Å²) in [5.41, 5.74) is 1.11. The molecule has 1 aliphatic heterocycles. The lowest BCUT2D eigenvalue weighted by molar-refractivity contribution is -0.192. The Morgan fingerprint density at radius 2 is 2.03 bits per heavy atom. The zero-order valence-corrected chi connectivity index (χ0v) is 17.3. The molecular formula is C16H20F3N5O4S2. The molecule has 2 aromatic rings. The highest BCUT2D eigenvalue weighted by molar-refractivity contribution is 7.90. The van der Waals surface area contributed by atoms with Gasteiger partial charge in [-0.05, 0) is 18.9 Å². The number of carbonyl (C=O) groups is 1. The molecule has 30 heavy (non-hydrogen) atoms. The van der Waals surface area contributed by atoms with Gasteiger partial charge in [0.05, 0.1) is 23.5 Å². The third-order valence-electron chi connectivity index (χ3n) is 4.52. The number of carboxylic acid groups (broad SMARTS) is 1. The molecule has 2 N–H and O–H groups in total. The molecule has 0 radical (unpaired) electrons. The van der Waals surface area contributed by atoms with E-state index in [4.69, 9.17) is 9.90 Å². The number of aromatic nitrogens is 3. The molecule has 0 bridgehead atoms. The Balaban J connectivity index is 0.000000318. The van der Waals surface area contributed by atoms with E-state index in [2.05, 4.69) is 19.7 Å². The first-order chi connectivity index (χ1) is 14.1. The minimum atomic E-state index is -5.08. The maximum atomic E-state index is 12.1. The molecule has 9 nitrogen and oxygen atoms in total. The van der Waals surface area contributed by atoms with Crippen molar-refractivity contribution in [3.63, 3.8) is 0 Å². The van der Waals surface area contributed by atoms with E-state index >= 15 is 0 Å². The molecule has 1 saturated carbocycles. The number of alkyl halides is 3. The second-order valence-electron chi connectivity index (χ2n) is 6.91. The monoisotopic (exact) mass is 467 g/mol. The third kappa shape index (κ3) is 6.00. The summed E-state index contributed by atoms with van der Waals surface area (Å²) in [5, 5.41) is 14.4. The predicted octanol–water partition coefficient (Wildman–Crippen LogP) is 1.61. The molecule has 14 heteroatoms. The van der Waals surface area contributed by atoms with Crippen molar-refractivity contribution < 1.29 is 31.5 Å². The number of fused-ring (bicyclic) bond motifs is 1. The van der Waals surface area contributed by atoms with Gasteiger partial charge >= 0.3 is 12.1 Å². The summed E-state index contributed by atoms with van der Waals surface area (Å²) in [5.74, 6) is -2.76. The van der Waals surface area contributed by atoms with Crippen molar-refractivity contribution in [2.75, 3.05) is 13.1 Å². The van der Waals surface area contributed by atoms with E-state index in [0.29, 0.717) is 6.54 Å². The van der Waals surface area contributed by atoms with E-state index in [9.17, 15) is 21.6 Å². The number of nitrogens with one attached hydrogen (secondary N) is 1. The van der Waals surface area contributed by atoms with Crippen LogP contribution >= 0.6 is 11.3 Å². The van der Waals surface area contributed by atoms with Gasteiger partial charge in [-0.3, -0.25) is 9.58 Å². The lowest BCUT2D eigenvalue weighted by Crippen LogP contribution is -2.43. The van der Waals surface area contributed by atoms with Gasteiger partial charge in [0.25, 0.3) is 0 Å². The molecule has 0 amide bonds. The van der Waals surface area contributed by atoms with E-state index in [1.54, 1.807) is 17.5 Å². The minimum Gasteiger partial charge on any atom is -0.475 e. The molecule has 1 aliphatic carbocycles. The molecule has 1 fully saturated rings. The summed E-state index contributed by atoms with van der Waals surface area (Å²) in [7, 11) is -3.16. The van der Waals surface area contributed by atoms with Gasteiger partial charge in [-0.2, -0.15) is 18.3 Å². The van der Waals surface area contributed by atoms with Gasteiger partial charge in [0.1, 0.15) is 5.01 Å². The van der Waals surface area contributed by atoms with E-state index in [1.807, 2.05) is 22.3 Å². The Labute approximate surface area is 174 Å². The lowest BCUT2D eigenvalue weighted by Gasteiger charge is -2.33. The van der Waals surface area contributed by atoms with Crippen LogP contribution in [0.2, 0.25) is 0 Å². The van der Waals surface area contributed by atoms with E-state index in [-0.39, 0.29) is 11.3 Å². The summed E-state index contributed by atoms with van der Waals surface area (Å²) in [6.45, 7) is 2.75. The van der Waals surface area contributed by atoms with Crippen molar-refractivity contribution in [2.24, 2.45) is 0 Å². The van der Waals surface area contributed by atoms with Crippen LogP contribution in [0.4, 0.5) is 13.2 Å². The number of rotatable bonds is 6.